The first-order chi connectivity index (χ1) is 12.4. The van der Waals surface area contributed by atoms with Crippen molar-refractivity contribution in [2.45, 2.75) is 25.3 Å². The summed E-state index contributed by atoms with van der Waals surface area (Å²) < 4.78 is 33.0. The average molecular weight is 375 g/mol. The molecule has 0 bridgehead atoms. The average Bonchev–Trinajstić information content (AvgIpc) is 2.62. The summed E-state index contributed by atoms with van der Waals surface area (Å²) in [6.07, 6.45) is 0. The molecule has 0 N–H and O–H groups in total. The second-order valence-corrected chi connectivity index (χ2v) is 8.77. The van der Waals surface area contributed by atoms with Crippen molar-refractivity contribution in [2.24, 2.45) is 0 Å². The Balaban J connectivity index is 1.86. The van der Waals surface area contributed by atoms with Crippen LogP contribution in [0.5, 0.6) is 0 Å². The molecule has 3 rings (SSSR count). The lowest BCUT2D eigenvalue weighted by Gasteiger charge is -2.31. The van der Waals surface area contributed by atoms with Gasteiger partial charge < -0.3 is 9.64 Å². The lowest BCUT2D eigenvalue weighted by molar-refractivity contribution is 0.122. The van der Waals surface area contributed by atoms with Crippen LogP contribution in [0.25, 0.3) is 0 Å². The largest absolute Gasteiger partial charge is 0.378 e. The van der Waals surface area contributed by atoms with Gasteiger partial charge in [-0.25, -0.2) is 8.42 Å². The molecule has 0 atom stereocenters. The minimum Gasteiger partial charge on any atom is -0.378 e. The molecule has 1 saturated heterocycles. The molecule has 26 heavy (non-hydrogen) atoms. The van der Waals surface area contributed by atoms with E-state index in [9.17, 15) is 8.42 Å². The summed E-state index contributed by atoms with van der Waals surface area (Å²) in [5.41, 5.74) is 3.92. The van der Waals surface area contributed by atoms with E-state index in [1.165, 1.54) is 4.31 Å². The number of rotatable bonds is 5. The van der Waals surface area contributed by atoms with E-state index in [0.29, 0.717) is 24.7 Å². The van der Waals surface area contributed by atoms with Gasteiger partial charge in [0.25, 0.3) is 0 Å². The Morgan fingerprint density at radius 2 is 1.77 bits per heavy atom. The number of morpholine rings is 1. The second kappa shape index (κ2) is 7.78. The lowest BCUT2D eigenvalue weighted by Crippen LogP contribution is -2.37. The van der Waals surface area contributed by atoms with Crippen molar-refractivity contribution in [1.82, 2.24) is 4.31 Å². The number of hydrogen-bond donors (Lipinski definition) is 0. The first-order valence-electron chi connectivity index (χ1n) is 8.84. The van der Waals surface area contributed by atoms with Crippen molar-refractivity contribution in [3.8, 4) is 0 Å². The van der Waals surface area contributed by atoms with Gasteiger partial charge in [-0.1, -0.05) is 35.9 Å². The molecule has 1 aliphatic heterocycles. The first-order valence-corrected chi connectivity index (χ1v) is 10.3. The molecule has 5 nitrogen and oxygen atoms in total. The Morgan fingerprint density at radius 1 is 1.08 bits per heavy atom. The van der Waals surface area contributed by atoms with Crippen LogP contribution < -0.4 is 4.90 Å². The fraction of sp³-hybridized carbons (Fsp3) is 0.400. The number of hydrogen-bond acceptors (Lipinski definition) is 4. The molecule has 0 aromatic heterocycles. The van der Waals surface area contributed by atoms with Crippen molar-refractivity contribution >= 4 is 15.7 Å². The Bertz CT molecular complexity index is 874. The normalized spacial score (nSPS) is 15.5. The van der Waals surface area contributed by atoms with Crippen molar-refractivity contribution < 1.29 is 13.2 Å². The molecule has 0 saturated carbocycles. The minimum absolute atomic E-state index is 0.336. The third-order valence-corrected chi connectivity index (χ3v) is 6.72. The van der Waals surface area contributed by atoms with E-state index in [4.69, 9.17) is 4.74 Å². The van der Waals surface area contributed by atoms with E-state index in [1.54, 1.807) is 13.1 Å². The van der Waals surface area contributed by atoms with Crippen LogP contribution in [-0.2, 0) is 21.3 Å². The molecule has 0 aliphatic carbocycles. The van der Waals surface area contributed by atoms with Gasteiger partial charge in [0.2, 0.25) is 10.0 Å². The van der Waals surface area contributed by atoms with Crippen LogP contribution in [0.1, 0.15) is 16.7 Å². The summed E-state index contributed by atoms with van der Waals surface area (Å²) in [5, 5.41) is 0. The predicted molar refractivity (Wildman–Crippen MR) is 104 cm³/mol. The SMILES string of the molecule is Cc1ccc(S(=O)(=O)N(C)Cc2ccccc2N2CCOCC2)c(C)c1. The number of benzene rings is 2. The van der Waals surface area contributed by atoms with Crippen molar-refractivity contribution in [2.75, 3.05) is 38.3 Å². The van der Waals surface area contributed by atoms with Crippen molar-refractivity contribution in [3.05, 3.63) is 59.2 Å². The summed E-state index contributed by atoms with van der Waals surface area (Å²) >= 11 is 0. The molecule has 0 radical (unpaired) electrons. The highest BCUT2D eigenvalue weighted by molar-refractivity contribution is 7.89. The maximum Gasteiger partial charge on any atom is 0.243 e. The van der Waals surface area contributed by atoms with Gasteiger partial charge in [0, 0.05) is 32.4 Å². The van der Waals surface area contributed by atoms with Crippen LogP contribution in [0.3, 0.4) is 0 Å². The molecule has 2 aromatic rings. The van der Waals surface area contributed by atoms with E-state index >= 15 is 0 Å². The summed E-state index contributed by atoms with van der Waals surface area (Å²) in [6.45, 7) is 7.19. The Hall–Kier alpha value is -1.89. The van der Waals surface area contributed by atoms with E-state index < -0.39 is 10.0 Å². The number of nitrogens with zero attached hydrogens (tertiary/aromatic N) is 2. The Labute approximate surface area is 156 Å². The standard InChI is InChI=1S/C20H26N2O3S/c1-16-8-9-20(17(2)14-16)26(23,24)21(3)15-18-6-4-5-7-19(18)22-10-12-25-13-11-22/h4-9,14H,10-13,15H2,1-3H3. The quantitative estimate of drug-likeness (QED) is 0.807. The number of para-hydroxylation sites is 1. The highest BCUT2D eigenvalue weighted by Crippen LogP contribution is 2.26. The van der Waals surface area contributed by atoms with Gasteiger partial charge in [-0.3, -0.25) is 0 Å². The molecule has 2 aromatic carbocycles. The summed E-state index contributed by atoms with van der Waals surface area (Å²) in [5.74, 6) is 0. The minimum atomic E-state index is -3.54. The molecule has 1 fully saturated rings. The molecular formula is C20H26N2O3S. The highest BCUT2D eigenvalue weighted by atomic mass is 32.2. The number of ether oxygens (including phenoxy) is 1. The topological polar surface area (TPSA) is 49.9 Å². The highest BCUT2D eigenvalue weighted by Gasteiger charge is 2.24. The van der Waals surface area contributed by atoms with Crippen LogP contribution in [0.4, 0.5) is 5.69 Å². The van der Waals surface area contributed by atoms with E-state index in [2.05, 4.69) is 11.0 Å². The molecule has 0 unspecified atom stereocenters. The van der Waals surface area contributed by atoms with E-state index in [-0.39, 0.29) is 0 Å². The molecule has 1 aliphatic rings. The third-order valence-electron chi connectivity index (χ3n) is 4.76. The zero-order valence-corrected chi connectivity index (χ0v) is 16.4. The third kappa shape index (κ3) is 3.92. The number of anilines is 1. The fourth-order valence-electron chi connectivity index (χ4n) is 3.34. The predicted octanol–water partition coefficient (Wildman–Crippen LogP) is 2.96. The van der Waals surface area contributed by atoms with Crippen LogP contribution in [0, 0.1) is 13.8 Å². The van der Waals surface area contributed by atoms with Crippen LogP contribution in [0.2, 0.25) is 0 Å². The summed E-state index contributed by atoms with van der Waals surface area (Å²) in [4.78, 5) is 2.63. The maximum absolute atomic E-state index is 13.0. The second-order valence-electron chi connectivity index (χ2n) is 6.76. The van der Waals surface area contributed by atoms with Gasteiger partial charge in [-0.05, 0) is 37.1 Å². The maximum atomic E-state index is 13.0. The van der Waals surface area contributed by atoms with Gasteiger partial charge in [-0.2, -0.15) is 4.31 Å². The monoisotopic (exact) mass is 374 g/mol. The van der Waals surface area contributed by atoms with Gasteiger partial charge in [-0.15, -0.1) is 0 Å². The van der Waals surface area contributed by atoms with Gasteiger partial charge >= 0.3 is 0 Å². The Kier molecular flexibility index (Phi) is 5.65. The molecule has 1 heterocycles. The smallest absolute Gasteiger partial charge is 0.243 e. The van der Waals surface area contributed by atoms with E-state index in [0.717, 1.165) is 35.5 Å². The molecule has 140 valence electrons. The van der Waals surface area contributed by atoms with Crippen LogP contribution >= 0.6 is 0 Å². The zero-order chi connectivity index (χ0) is 18.7. The Morgan fingerprint density at radius 3 is 2.46 bits per heavy atom. The summed E-state index contributed by atoms with van der Waals surface area (Å²) in [6, 6.07) is 13.4. The molecule has 6 heteroatoms. The molecule has 0 spiro atoms. The molecular weight excluding hydrogens is 348 g/mol. The van der Waals surface area contributed by atoms with Gasteiger partial charge in [0.15, 0.2) is 0 Å². The van der Waals surface area contributed by atoms with Gasteiger partial charge in [0.05, 0.1) is 18.1 Å². The van der Waals surface area contributed by atoms with Gasteiger partial charge in [0.1, 0.15) is 0 Å². The van der Waals surface area contributed by atoms with E-state index in [1.807, 2.05) is 44.2 Å². The van der Waals surface area contributed by atoms with Crippen molar-refractivity contribution in [1.29, 1.82) is 0 Å². The lowest BCUT2D eigenvalue weighted by atomic mass is 10.1. The van der Waals surface area contributed by atoms with Crippen molar-refractivity contribution in [3.63, 3.8) is 0 Å². The fourth-order valence-corrected chi connectivity index (χ4v) is 4.69. The molecule has 0 amide bonds. The first kappa shape index (κ1) is 18.9. The number of sulfonamides is 1. The van der Waals surface area contributed by atoms with Crippen LogP contribution in [0.15, 0.2) is 47.4 Å². The zero-order valence-electron chi connectivity index (χ0n) is 15.6. The number of aryl methyl sites for hydroxylation is 2. The summed E-state index contributed by atoms with van der Waals surface area (Å²) in [7, 11) is -1.90. The van der Waals surface area contributed by atoms with Crippen LogP contribution in [-0.4, -0.2) is 46.1 Å².